The van der Waals surface area contributed by atoms with Gasteiger partial charge < -0.3 is 5.32 Å². The molecule has 9 heteroatoms. The highest BCUT2D eigenvalue weighted by atomic mass is 35.5. The average Bonchev–Trinajstić information content (AvgIpc) is 3.19. The van der Waals surface area contributed by atoms with E-state index in [4.69, 9.17) is 47.6 Å². The summed E-state index contributed by atoms with van der Waals surface area (Å²) in [6.45, 7) is 2.69. The molecule has 2 aromatic carbocycles. The van der Waals surface area contributed by atoms with Crippen molar-refractivity contribution in [2.45, 2.75) is 25.4 Å². The minimum absolute atomic E-state index is 0.297. The van der Waals surface area contributed by atoms with Gasteiger partial charge in [0.15, 0.2) is 5.65 Å². The minimum Gasteiger partial charge on any atom is -0.367 e. The molecule has 5 nitrogen and oxygen atoms in total. The zero-order valence-corrected chi connectivity index (χ0v) is 20.1. The first kappa shape index (κ1) is 22.5. The molecular formula is C24H21BCl3N5. The number of aromatic nitrogens is 3. The van der Waals surface area contributed by atoms with Crippen molar-refractivity contribution < 1.29 is 0 Å². The lowest BCUT2D eigenvalue weighted by Crippen LogP contribution is -2.39. The smallest absolute Gasteiger partial charge is 0.150 e. The summed E-state index contributed by atoms with van der Waals surface area (Å²) in [6.07, 6.45) is 3.60. The molecule has 3 heterocycles. The van der Waals surface area contributed by atoms with Crippen LogP contribution in [0.4, 0.5) is 5.82 Å². The van der Waals surface area contributed by atoms with Gasteiger partial charge in [-0.25, -0.2) is 4.98 Å². The standard InChI is InChI=1S/C24H21BCl3N5/c25-18-13-29-33-22(12-21(31-24(18)33)17-5-1-2-6-19(17)26)30-16-8-10-32(11-9-16)14-15-4-3-7-20(27)23(15)28/h1-7,12-13,16,30H,8-11,14H2. The van der Waals surface area contributed by atoms with Gasteiger partial charge in [-0.15, -0.1) is 0 Å². The van der Waals surface area contributed by atoms with Crippen LogP contribution in [-0.2, 0) is 6.54 Å². The highest BCUT2D eigenvalue weighted by molar-refractivity contribution is 6.42. The van der Waals surface area contributed by atoms with E-state index >= 15 is 0 Å². The average molecular weight is 497 g/mol. The van der Waals surface area contributed by atoms with Crippen molar-refractivity contribution in [3.8, 4) is 11.3 Å². The van der Waals surface area contributed by atoms with Gasteiger partial charge in [-0.2, -0.15) is 9.61 Å². The lowest BCUT2D eigenvalue weighted by atomic mass is 10.0. The number of nitrogens with one attached hydrogen (secondary N) is 1. The Kier molecular flexibility index (Phi) is 6.52. The summed E-state index contributed by atoms with van der Waals surface area (Å²) < 4.78 is 1.76. The number of hydrogen-bond acceptors (Lipinski definition) is 4. The monoisotopic (exact) mass is 495 g/mol. The molecule has 1 fully saturated rings. The Balaban J connectivity index is 1.34. The zero-order chi connectivity index (χ0) is 22.9. The fourth-order valence-electron chi connectivity index (χ4n) is 4.25. The quantitative estimate of drug-likeness (QED) is 0.385. The van der Waals surface area contributed by atoms with Gasteiger partial charge in [0.2, 0.25) is 0 Å². The lowest BCUT2D eigenvalue weighted by Gasteiger charge is -2.33. The SMILES string of the molecule is [B]c1cnn2c(NC3CCN(Cc4cccc(Cl)c4Cl)CC3)cc(-c3ccccc3Cl)nc12. The zero-order valence-electron chi connectivity index (χ0n) is 17.8. The van der Waals surface area contributed by atoms with Crippen molar-refractivity contribution >= 4 is 59.6 Å². The Morgan fingerprint density at radius 3 is 2.55 bits per heavy atom. The van der Waals surface area contributed by atoms with Crippen molar-refractivity contribution in [1.82, 2.24) is 19.5 Å². The number of halogens is 3. The van der Waals surface area contributed by atoms with Crippen molar-refractivity contribution in [2.75, 3.05) is 18.4 Å². The Morgan fingerprint density at radius 2 is 1.76 bits per heavy atom. The third kappa shape index (κ3) is 4.71. The minimum atomic E-state index is 0.297. The first-order valence-corrected chi connectivity index (χ1v) is 11.9. The van der Waals surface area contributed by atoms with E-state index in [0.717, 1.165) is 55.1 Å². The van der Waals surface area contributed by atoms with Crippen LogP contribution in [0.25, 0.3) is 16.9 Å². The van der Waals surface area contributed by atoms with Crippen LogP contribution in [0.5, 0.6) is 0 Å². The number of benzene rings is 2. The molecule has 0 bridgehead atoms. The molecule has 0 unspecified atom stereocenters. The topological polar surface area (TPSA) is 45.5 Å². The van der Waals surface area contributed by atoms with Gasteiger partial charge in [-0.05, 0) is 36.0 Å². The molecule has 5 rings (SSSR count). The maximum absolute atomic E-state index is 6.43. The molecule has 166 valence electrons. The van der Waals surface area contributed by atoms with Gasteiger partial charge >= 0.3 is 0 Å². The first-order chi connectivity index (χ1) is 16.0. The number of fused-ring (bicyclic) bond motifs is 1. The largest absolute Gasteiger partial charge is 0.367 e. The van der Waals surface area contributed by atoms with Crippen molar-refractivity contribution in [3.63, 3.8) is 0 Å². The normalized spacial score (nSPS) is 15.2. The number of hydrogen-bond donors (Lipinski definition) is 1. The summed E-state index contributed by atoms with van der Waals surface area (Å²) >= 11 is 19.0. The molecule has 0 saturated carbocycles. The van der Waals surface area contributed by atoms with E-state index in [2.05, 4.69) is 15.3 Å². The van der Waals surface area contributed by atoms with Crippen LogP contribution < -0.4 is 10.8 Å². The first-order valence-electron chi connectivity index (χ1n) is 10.8. The van der Waals surface area contributed by atoms with Crippen LogP contribution in [0.15, 0.2) is 54.7 Å². The predicted octanol–water partition coefficient (Wildman–Crippen LogP) is 5.23. The fraction of sp³-hybridized carbons (Fsp3) is 0.250. The van der Waals surface area contributed by atoms with Gasteiger partial charge in [0.1, 0.15) is 13.7 Å². The van der Waals surface area contributed by atoms with E-state index in [9.17, 15) is 0 Å². The summed E-state index contributed by atoms with van der Waals surface area (Å²) in [5.74, 6) is 0.850. The summed E-state index contributed by atoms with van der Waals surface area (Å²) in [5, 5.41) is 9.97. The molecule has 0 aliphatic carbocycles. The van der Waals surface area contributed by atoms with Crippen LogP contribution in [0, 0.1) is 0 Å². The molecule has 0 spiro atoms. The third-order valence-corrected chi connectivity index (χ3v) is 7.20. The molecule has 2 aromatic heterocycles. The summed E-state index contributed by atoms with van der Waals surface area (Å²) in [6, 6.07) is 15.7. The molecule has 0 atom stereocenters. The van der Waals surface area contributed by atoms with Crippen molar-refractivity contribution in [3.05, 3.63) is 75.4 Å². The van der Waals surface area contributed by atoms with E-state index in [1.807, 2.05) is 48.5 Å². The van der Waals surface area contributed by atoms with Gasteiger partial charge in [0.25, 0.3) is 0 Å². The van der Waals surface area contributed by atoms with Gasteiger partial charge in [-0.3, -0.25) is 4.90 Å². The van der Waals surface area contributed by atoms with Gasteiger partial charge in [0.05, 0.1) is 15.7 Å². The molecule has 0 amide bonds. The summed E-state index contributed by atoms with van der Waals surface area (Å²) in [7, 11) is 6.14. The molecule has 4 aromatic rings. The Hall–Kier alpha value is -2.25. The van der Waals surface area contributed by atoms with E-state index < -0.39 is 0 Å². The maximum Gasteiger partial charge on any atom is 0.150 e. The number of rotatable bonds is 5. The highest BCUT2D eigenvalue weighted by Crippen LogP contribution is 2.30. The number of piperidine rings is 1. The molecule has 33 heavy (non-hydrogen) atoms. The highest BCUT2D eigenvalue weighted by Gasteiger charge is 2.22. The van der Waals surface area contributed by atoms with E-state index in [1.165, 1.54) is 0 Å². The van der Waals surface area contributed by atoms with Crippen molar-refractivity contribution in [2.24, 2.45) is 0 Å². The second-order valence-corrected chi connectivity index (χ2v) is 9.44. The maximum atomic E-state index is 6.43. The second-order valence-electron chi connectivity index (χ2n) is 8.25. The Bertz CT molecular complexity index is 1300. The van der Waals surface area contributed by atoms with Gasteiger partial charge in [-0.1, -0.05) is 65.1 Å². The van der Waals surface area contributed by atoms with Crippen LogP contribution in [0.3, 0.4) is 0 Å². The molecule has 1 aliphatic heterocycles. The lowest BCUT2D eigenvalue weighted by molar-refractivity contribution is 0.211. The molecule has 1 N–H and O–H groups in total. The van der Waals surface area contributed by atoms with Crippen LogP contribution in [-0.4, -0.2) is 46.5 Å². The fourth-order valence-corrected chi connectivity index (χ4v) is 4.86. The van der Waals surface area contributed by atoms with E-state index in [0.29, 0.717) is 32.2 Å². The Morgan fingerprint density at radius 1 is 1.00 bits per heavy atom. The molecule has 2 radical (unpaired) electrons. The summed E-state index contributed by atoms with van der Waals surface area (Å²) in [4.78, 5) is 7.12. The predicted molar refractivity (Wildman–Crippen MR) is 137 cm³/mol. The van der Waals surface area contributed by atoms with Gasteiger partial charge in [0, 0.05) is 48.5 Å². The second kappa shape index (κ2) is 9.55. The number of anilines is 1. The van der Waals surface area contributed by atoms with Crippen LogP contribution in [0.2, 0.25) is 15.1 Å². The molecule has 1 saturated heterocycles. The van der Waals surface area contributed by atoms with Crippen LogP contribution >= 0.6 is 34.8 Å². The van der Waals surface area contributed by atoms with E-state index in [-0.39, 0.29) is 0 Å². The third-order valence-electron chi connectivity index (χ3n) is 6.01. The van der Waals surface area contributed by atoms with E-state index in [1.54, 1.807) is 10.7 Å². The summed E-state index contributed by atoms with van der Waals surface area (Å²) in [5.41, 5.74) is 3.82. The Labute approximate surface area is 209 Å². The molecular weight excluding hydrogens is 475 g/mol. The number of likely N-dealkylation sites (tertiary alicyclic amines) is 1. The number of nitrogens with zero attached hydrogens (tertiary/aromatic N) is 4. The van der Waals surface area contributed by atoms with Crippen LogP contribution in [0.1, 0.15) is 18.4 Å². The van der Waals surface area contributed by atoms with Crippen molar-refractivity contribution in [1.29, 1.82) is 0 Å². The molecule has 1 aliphatic rings.